The molecule has 1 unspecified atom stereocenters. The van der Waals surface area contributed by atoms with Crippen LogP contribution < -0.4 is 26.6 Å². The molecule has 4 heterocycles. The van der Waals surface area contributed by atoms with Crippen molar-refractivity contribution in [3.05, 3.63) is 112 Å². The monoisotopic (exact) mass is 752 g/mol. The van der Waals surface area contributed by atoms with Crippen LogP contribution in [-0.2, 0) is 29.0 Å². The molecule has 0 bridgehead atoms. The molecule has 54 heavy (non-hydrogen) atoms. The fraction of sp³-hybridized carbons (Fsp3) is 0.263. The average Bonchev–Trinajstić information content (AvgIpc) is 3.41. The summed E-state index contributed by atoms with van der Waals surface area (Å²) in [5.74, 6) is -2.43. The van der Waals surface area contributed by atoms with Gasteiger partial charge in [0, 0.05) is 60.1 Å². The molecule has 2 aliphatic heterocycles. The van der Waals surface area contributed by atoms with E-state index < -0.39 is 35.7 Å². The predicted molar refractivity (Wildman–Crippen MR) is 199 cm³/mol. The number of rotatable bonds is 14. The number of hydrogen-bond acceptors (Lipinski definition) is 10. The second kappa shape index (κ2) is 17.1. The van der Waals surface area contributed by atoms with Crippen LogP contribution in [0.1, 0.15) is 73.6 Å². The molecule has 7 amide bonds. The van der Waals surface area contributed by atoms with Gasteiger partial charge in [-0.2, -0.15) is 0 Å². The third-order valence-electron chi connectivity index (χ3n) is 8.98. The Morgan fingerprint density at radius 1 is 0.907 bits per heavy atom. The smallest absolute Gasteiger partial charge is 0.323 e. The largest absolute Gasteiger partial charge is 0.392 e. The molecule has 0 aliphatic carbocycles. The Labute approximate surface area is 314 Å². The number of unbranched alkanes of at least 4 members (excludes halogenated alkanes) is 1. The van der Waals surface area contributed by atoms with Gasteiger partial charge in [-0.3, -0.25) is 39.2 Å². The Kier molecular flexibility index (Phi) is 11.9. The summed E-state index contributed by atoms with van der Waals surface area (Å²) in [6.45, 7) is 0.581. The van der Waals surface area contributed by atoms with E-state index in [0.29, 0.717) is 67.0 Å². The number of aryl methyl sites for hydroxylation is 2. The molecule has 2 aromatic heterocycles. The van der Waals surface area contributed by atoms with E-state index in [2.05, 4.69) is 36.6 Å². The summed E-state index contributed by atoms with van der Waals surface area (Å²) in [5, 5.41) is 23.4. The van der Waals surface area contributed by atoms with Crippen molar-refractivity contribution in [2.75, 3.05) is 29.0 Å². The van der Waals surface area contributed by atoms with Gasteiger partial charge in [-0.1, -0.05) is 29.8 Å². The van der Waals surface area contributed by atoms with Gasteiger partial charge in [0.15, 0.2) is 0 Å². The molecule has 6 N–H and O–H groups in total. The molecule has 1 atom stereocenters. The van der Waals surface area contributed by atoms with Gasteiger partial charge in [0.2, 0.25) is 11.8 Å². The quantitative estimate of drug-likeness (QED) is 0.0617. The number of amides is 7. The molecule has 1 saturated heterocycles. The molecule has 2 aliphatic rings. The van der Waals surface area contributed by atoms with E-state index in [0.717, 1.165) is 16.2 Å². The van der Waals surface area contributed by atoms with Crippen molar-refractivity contribution in [3.8, 4) is 0 Å². The minimum Gasteiger partial charge on any atom is -0.392 e. The molecule has 0 radical (unpaired) electrons. The summed E-state index contributed by atoms with van der Waals surface area (Å²) >= 11 is 5.93. The topological polar surface area (TPSA) is 212 Å². The lowest BCUT2D eigenvalue weighted by molar-refractivity contribution is -0.136. The van der Waals surface area contributed by atoms with Gasteiger partial charge in [0.05, 0.1) is 23.4 Å². The van der Waals surface area contributed by atoms with Crippen LogP contribution in [0.5, 0.6) is 0 Å². The van der Waals surface area contributed by atoms with Crippen molar-refractivity contribution in [2.24, 2.45) is 0 Å². The number of carbonyl (C=O) groups is 6. The minimum atomic E-state index is -1.03. The van der Waals surface area contributed by atoms with E-state index in [1.807, 2.05) is 18.2 Å². The number of aromatic nitrogens is 2. The molecule has 2 aromatic carbocycles. The van der Waals surface area contributed by atoms with Crippen molar-refractivity contribution < 1.29 is 33.9 Å². The van der Waals surface area contributed by atoms with E-state index >= 15 is 0 Å². The van der Waals surface area contributed by atoms with Crippen molar-refractivity contribution >= 4 is 64.2 Å². The first-order valence-corrected chi connectivity index (χ1v) is 17.7. The van der Waals surface area contributed by atoms with Gasteiger partial charge in [0.25, 0.3) is 17.7 Å². The number of anilines is 3. The summed E-state index contributed by atoms with van der Waals surface area (Å²) in [4.78, 5) is 85.1. The number of nitrogens with zero attached hydrogens (tertiary/aromatic N) is 3. The van der Waals surface area contributed by atoms with Gasteiger partial charge in [-0.25, -0.2) is 9.78 Å². The number of benzene rings is 2. The van der Waals surface area contributed by atoms with E-state index in [9.17, 15) is 33.9 Å². The van der Waals surface area contributed by atoms with Crippen LogP contribution in [-0.4, -0.2) is 74.7 Å². The van der Waals surface area contributed by atoms with Crippen LogP contribution in [0.2, 0.25) is 5.15 Å². The average molecular weight is 753 g/mol. The second-order valence-electron chi connectivity index (χ2n) is 12.7. The van der Waals surface area contributed by atoms with E-state index in [1.54, 1.807) is 42.6 Å². The minimum absolute atomic E-state index is 0.0481. The third kappa shape index (κ3) is 8.87. The number of hydrogen-bond donors (Lipinski definition) is 6. The Bertz CT molecular complexity index is 2130. The highest BCUT2D eigenvalue weighted by Crippen LogP contribution is 2.32. The van der Waals surface area contributed by atoms with Gasteiger partial charge in [-0.15, -0.1) is 0 Å². The molecular formula is C38H37ClN8O7. The summed E-state index contributed by atoms with van der Waals surface area (Å²) < 4.78 is 0. The summed E-state index contributed by atoms with van der Waals surface area (Å²) in [5.41, 5.74) is 4.38. The van der Waals surface area contributed by atoms with Gasteiger partial charge in [-0.05, 0) is 80.1 Å². The lowest BCUT2D eigenvalue weighted by Gasteiger charge is -2.27. The summed E-state index contributed by atoms with van der Waals surface area (Å²) in [6.07, 6.45) is 5.59. The standard InChI is InChI=1S/C38H37ClN8O7/c39-31-19-29(24(21-48)20-43-31)45-38(54)44-26-13-16-40-25(18-26)10-9-22-5-3-6-23(17-22)34(50)42-15-2-1-14-41-28-8-4-7-27-33(28)37(53)47(36(27)52)30-11-12-32(49)46-35(30)51/h3-8,13,16-20,30,41,48H,1-2,9-12,14-15,21H2,(H,42,50)(H,46,49,51)(H2,40,43,44,45,54). The van der Waals surface area contributed by atoms with Gasteiger partial charge in [0.1, 0.15) is 11.2 Å². The highest BCUT2D eigenvalue weighted by atomic mass is 35.5. The van der Waals surface area contributed by atoms with E-state index in [1.165, 1.54) is 12.3 Å². The molecule has 278 valence electrons. The molecule has 0 saturated carbocycles. The molecule has 16 heteroatoms. The molecular weight excluding hydrogens is 716 g/mol. The number of halogens is 1. The van der Waals surface area contributed by atoms with Crippen LogP contribution in [0.15, 0.2) is 73.1 Å². The number of fused-ring (bicyclic) bond motifs is 1. The fourth-order valence-corrected chi connectivity index (χ4v) is 6.42. The van der Waals surface area contributed by atoms with Gasteiger partial charge >= 0.3 is 6.03 Å². The highest BCUT2D eigenvalue weighted by Gasteiger charge is 2.45. The predicted octanol–water partition coefficient (Wildman–Crippen LogP) is 4.07. The summed E-state index contributed by atoms with van der Waals surface area (Å²) in [6, 6.07) is 15.6. The zero-order chi connectivity index (χ0) is 38.2. The number of piperidine rings is 1. The van der Waals surface area contributed by atoms with Crippen molar-refractivity contribution in [1.29, 1.82) is 0 Å². The van der Waals surface area contributed by atoms with Crippen LogP contribution in [0, 0.1) is 0 Å². The molecule has 1 fully saturated rings. The molecule has 4 aromatic rings. The van der Waals surface area contributed by atoms with Crippen LogP contribution in [0.4, 0.5) is 21.9 Å². The van der Waals surface area contributed by atoms with Crippen LogP contribution >= 0.6 is 11.6 Å². The lowest BCUT2D eigenvalue weighted by Crippen LogP contribution is -2.54. The van der Waals surface area contributed by atoms with Crippen molar-refractivity contribution in [1.82, 2.24) is 25.5 Å². The Hall–Kier alpha value is -6.19. The maximum Gasteiger partial charge on any atom is 0.323 e. The van der Waals surface area contributed by atoms with Gasteiger partial charge < -0.3 is 26.4 Å². The first kappa shape index (κ1) is 37.6. The zero-order valence-electron chi connectivity index (χ0n) is 29.0. The summed E-state index contributed by atoms with van der Waals surface area (Å²) in [7, 11) is 0. The Balaban J connectivity index is 0.939. The molecule has 0 spiro atoms. The Morgan fingerprint density at radius 2 is 1.72 bits per heavy atom. The fourth-order valence-electron chi connectivity index (χ4n) is 6.26. The normalized spacial score (nSPS) is 15.1. The van der Waals surface area contributed by atoms with Crippen molar-refractivity contribution in [3.63, 3.8) is 0 Å². The van der Waals surface area contributed by atoms with Crippen molar-refractivity contribution in [2.45, 2.75) is 51.2 Å². The third-order valence-corrected chi connectivity index (χ3v) is 9.18. The van der Waals surface area contributed by atoms with Crippen LogP contribution in [0.25, 0.3) is 0 Å². The molecule has 15 nitrogen and oxygen atoms in total. The number of urea groups is 1. The van der Waals surface area contributed by atoms with Crippen LogP contribution in [0.3, 0.4) is 0 Å². The number of pyridine rings is 2. The number of aliphatic hydroxyl groups is 1. The second-order valence-corrected chi connectivity index (χ2v) is 13.1. The zero-order valence-corrected chi connectivity index (χ0v) is 29.7. The number of imide groups is 2. The SMILES string of the molecule is O=C1CCC(N2C(=O)c3cccc(NCCCCNC(=O)c4cccc(CCc5cc(NC(=O)Nc6cc(Cl)ncc6CO)ccn5)c4)c3C2=O)C(=O)N1. The van der Waals surface area contributed by atoms with E-state index in [4.69, 9.17) is 11.6 Å². The number of aliphatic hydroxyl groups excluding tert-OH is 1. The highest BCUT2D eigenvalue weighted by molar-refractivity contribution is 6.29. The van der Waals surface area contributed by atoms with E-state index in [-0.39, 0.29) is 41.6 Å². The number of carbonyl (C=O) groups excluding carboxylic acids is 6. The number of nitrogens with one attached hydrogen (secondary N) is 5. The first-order chi connectivity index (χ1) is 26.1. The maximum absolute atomic E-state index is 13.3. The lowest BCUT2D eigenvalue weighted by atomic mass is 10.0. The Morgan fingerprint density at radius 3 is 2.54 bits per heavy atom. The molecule has 6 rings (SSSR count). The first-order valence-electron chi connectivity index (χ1n) is 17.3. The maximum atomic E-state index is 13.3.